The molecule has 0 N–H and O–H groups in total. The molecule has 11 heavy (non-hydrogen) atoms. The Balaban J connectivity index is -0.000000107. The van der Waals surface area contributed by atoms with E-state index in [1.165, 1.54) is 0 Å². The molecule has 4 nitrogen and oxygen atoms in total. The predicted molar refractivity (Wildman–Crippen MR) is 27.7 cm³/mol. The van der Waals surface area contributed by atoms with Crippen LogP contribution < -0.4 is 10.2 Å². The Morgan fingerprint density at radius 3 is 1.09 bits per heavy atom. The van der Waals surface area contributed by atoms with Gasteiger partial charge in [0, 0.05) is 0 Å². The van der Waals surface area contributed by atoms with Gasteiger partial charge in [-0.3, -0.25) is 0 Å². The first-order valence-electron chi connectivity index (χ1n) is 2.06. The molecule has 0 aromatic heterocycles. The second-order valence-electron chi connectivity index (χ2n) is 1.01. The standard InChI is InChI=1S/2C2H3FO2.Mg/c2*3-1-2(4)5;/h2*1H2,(H,4,5);/q;;+2/p-2. The molecule has 0 saturated carbocycles. The van der Waals surface area contributed by atoms with Crippen molar-refractivity contribution in [3.63, 3.8) is 0 Å². The molecule has 0 amide bonds. The number of carboxylic acid groups (broad SMARTS) is 2. The maximum atomic E-state index is 10.5. The van der Waals surface area contributed by atoms with E-state index in [1.54, 1.807) is 0 Å². The second-order valence-corrected chi connectivity index (χ2v) is 1.01. The van der Waals surface area contributed by atoms with Crippen LogP contribution in [0.1, 0.15) is 0 Å². The Morgan fingerprint density at radius 1 is 1.00 bits per heavy atom. The number of aliphatic carboxylic acids is 2. The van der Waals surface area contributed by atoms with Crippen LogP contribution in [0.4, 0.5) is 8.78 Å². The van der Waals surface area contributed by atoms with Crippen molar-refractivity contribution in [2.75, 3.05) is 13.3 Å². The summed E-state index contributed by atoms with van der Waals surface area (Å²) in [7, 11) is 0. The largest absolute Gasteiger partial charge is 2.00 e. The monoisotopic (exact) mass is 178 g/mol. The van der Waals surface area contributed by atoms with Crippen molar-refractivity contribution >= 4 is 35.0 Å². The van der Waals surface area contributed by atoms with Crippen molar-refractivity contribution in [1.29, 1.82) is 0 Å². The normalized spacial score (nSPS) is 6.73. The van der Waals surface area contributed by atoms with Gasteiger partial charge in [0.15, 0.2) is 0 Å². The molecule has 7 heteroatoms. The van der Waals surface area contributed by atoms with E-state index in [4.69, 9.17) is 19.8 Å². The molecule has 0 bridgehead atoms. The number of carbonyl (C=O) groups is 2. The minimum absolute atomic E-state index is 0. The van der Waals surface area contributed by atoms with E-state index in [-0.39, 0.29) is 23.1 Å². The van der Waals surface area contributed by atoms with Crippen LogP contribution >= 0.6 is 0 Å². The first kappa shape index (κ1) is 16.9. The Bertz CT molecular complexity index is 105. The van der Waals surface area contributed by atoms with E-state index >= 15 is 0 Å². The number of hydrogen-bond acceptors (Lipinski definition) is 4. The van der Waals surface area contributed by atoms with E-state index in [0.717, 1.165) is 0 Å². The first-order valence-corrected chi connectivity index (χ1v) is 2.06. The summed E-state index contributed by atoms with van der Waals surface area (Å²) < 4.78 is 20.9. The van der Waals surface area contributed by atoms with Gasteiger partial charge >= 0.3 is 23.1 Å². The molecule has 0 fully saturated rings. The zero-order valence-corrected chi connectivity index (χ0v) is 6.92. The zero-order valence-electron chi connectivity index (χ0n) is 5.51. The van der Waals surface area contributed by atoms with Gasteiger partial charge in [-0.05, 0) is 0 Å². The van der Waals surface area contributed by atoms with E-state index in [9.17, 15) is 8.78 Å². The van der Waals surface area contributed by atoms with Gasteiger partial charge in [0.25, 0.3) is 0 Å². The fourth-order valence-corrected chi connectivity index (χ4v) is 0. The third-order valence-electron chi connectivity index (χ3n) is 0.218. The first-order chi connectivity index (χ1) is 4.54. The predicted octanol–water partition coefficient (Wildman–Crippen LogP) is -2.97. The topological polar surface area (TPSA) is 80.3 Å². The van der Waals surface area contributed by atoms with Crippen LogP contribution in [-0.2, 0) is 9.59 Å². The van der Waals surface area contributed by atoms with Crippen LogP contribution in [0.2, 0.25) is 0 Å². The summed E-state index contributed by atoms with van der Waals surface area (Å²) in [4.78, 5) is 17.8. The number of hydrogen-bond donors (Lipinski definition) is 0. The van der Waals surface area contributed by atoms with Gasteiger partial charge in [-0.2, -0.15) is 0 Å². The maximum Gasteiger partial charge on any atom is 2.00 e. The van der Waals surface area contributed by atoms with Crippen molar-refractivity contribution in [3.8, 4) is 0 Å². The minimum Gasteiger partial charge on any atom is -0.547 e. The number of carboxylic acids is 2. The molecule has 0 rings (SSSR count). The molecule has 60 valence electrons. The average molecular weight is 178 g/mol. The van der Waals surface area contributed by atoms with Crippen molar-refractivity contribution in [2.24, 2.45) is 0 Å². The Labute approximate surface area is 77.4 Å². The molecule has 0 saturated heterocycles. The molecule has 0 spiro atoms. The third-order valence-corrected chi connectivity index (χ3v) is 0.218. The summed E-state index contributed by atoms with van der Waals surface area (Å²) in [6.45, 7) is -2.78. The van der Waals surface area contributed by atoms with Crippen molar-refractivity contribution < 1.29 is 28.6 Å². The Morgan fingerprint density at radius 2 is 1.09 bits per heavy atom. The Kier molecular flexibility index (Phi) is 18.8. The van der Waals surface area contributed by atoms with Crippen LogP contribution in [0.3, 0.4) is 0 Å². The van der Waals surface area contributed by atoms with Crippen LogP contribution in [0.5, 0.6) is 0 Å². The molecule has 0 aromatic rings. The summed E-state index contributed by atoms with van der Waals surface area (Å²) in [5.74, 6) is -3.32. The van der Waals surface area contributed by atoms with Gasteiger partial charge in [0.05, 0.1) is 11.9 Å². The van der Waals surface area contributed by atoms with Crippen LogP contribution in [0, 0.1) is 0 Å². The molecule has 0 atom stereocenters. The molecular weight excluding hydrogens is 174 g/mol. The number of carbonyl (C=O) groups excluding carboxylic acids is 2. The fraction of sp³-hybridized carbons (Fsp3) is 0.500. The zero-order chi connectivity index (χ0) is 8.57. The van der Waals surface area contributed by atoms with Gasteiger partial charge in [0.2, 0.25) is 0 Å². The van der Waals surface area contributed by atoms with Gasteiger partial charge in [-0.1, -0.05) is 0 Å². The maximum absolute atomic E-state index is 10.5. The van der Waals surface area contributed by atoms with Gasteiger partial charge in [-0.25, -0.2) is 8.78 Å². The van der Waals surface area contributed by atoms with E-state index in [1.807, 2.05) is 0 Å². The van der Waals surface area contributed by atoms with E-state index in [0.29, 0.717) is 0 Å². The Hall–Kier alpha value is -0.434. The summed E-state index contributed by atoms with van der Waals surface area (Å²) in [5.41, 5.74) is 0. The summed E-state index contributed by atoms with van der Waals surface area (Å²) >= 11 is 0. The molecule has 0 aliphatic heterocycles. The molecule has 0 radical (unpaired) electrons. The summed E-state index contributed by atoms with van der Waals surface area (Å²) in [5, 5.41) is 17.8. The van der Waals surface area contributed by atoms with Crippen molar-refractivity contribution in [3.05, 3.63) is 0 Å². The number of alkyl halides is 2. The SMILES string of the molecule is O=C([O-])CF.O=C([O-])CF.[Mg+2]. The van der Waals surface area contributed by atoms with Crippen LogP contribution in [0.15, 0.2) is 0 Å². The minimum atomic E-state index is -1.66. The molecule has 0 unspecified atom stereocenters. The van der Waals surface area contributed by atoms with Crippen molar-refractivity contribution in [1.82, 2.24) is 0 Å². The van der Waals surface area contributed by atoms with Crippen LogP contribution in [0.25, 0.3) is 0 Å². The van der Waals surface area contributed by atoms with E-state index in [2.05, 4.69) is 0 Å². The quantitative estimate of drug-likeness (QED) is 0.423. The average Bonchev–Trinajstić information content (AvgIpc) is 1.89. The summed E-state index contributed by atoms with van der Waals surface area (Å²) in [6, 6.07) is 0. The summed E-state index contributed by atoms with van der Waals surface area (Å²) in [6.07, 6.45) is 0. The molecule has 0 aromatic carbocycles. The van der Waals surface area contributed by atoms with Gasteiger partial charge < -0.3 is 19.8 Å². The fourth-order valence-electron chi connectivity index (χ4n) is 0. The van der Waals surface area contributed by atoms with E-state index < -0.39 is 25.3 Å². The second kappa shape index (κ2) is 12.3. The third kappa shape index (κ3) is 43.1. The smallest absolute Gasteiger partial charge is 0.547 e. The van der Waals surface area contributed by atoms with Crippen LogP contribution in [-0.4, -0.2) is 48.3 Å². The number of halogens is 2. The molecule has 0 aliphatic rings. The van der Waals surface area contributed by atoms with Gasteiger partial charge in [-0.15, -0.1) is 0 Å². The number of rotatable bonds is 2. The molecule has 0 aliphatic carbocycles. The molecular formula is C4H4F2MgO4. The van der Waals surface area contributed by atoms with Crippen molar-refractivity contribution in [2.45, 2.75) is 0 Å². The molecule has 0 heterocycles. The van der Waals surface area contributed by atoms with Gasteiger partial charge in [0.1, 0.15) is 13.3 Å².